The van der Waals surface area contributed by atoms with Gasteiger partial charge >= 0.3 is 0 Å². The molecule has 0 radical (unpaired) electrons. The van der Waals surface area contributed by atoms with Gasteiger partial charge in [-0.1, -0.05) is 121 Å². The highest BCUT2D eigenvalue weighted by Gasteiger charge is 2.43. The first-order valence-corrected chi connectivity index (χ1v) is 18.4. The van der Waals surface area contributed by atoms with Gasteiger partial charge in [-0.3, -0.25) is 0 Å². The van der Waals surface area contributed by atoms with Gasteiger partial charge in [-0.15, -0.1) is 0 Å². The summed E-state index contributed by atoms with van der Waals surface area (Å²) in [6.07, 6.45) is 0. The quantitative estimate of drug-likeness (QED) is 0.138. The SMILES string of the molecule is N#Cc1cc(-c2ccc(C#N)c([Si](c3ccccc3)(c3ccccc3)c3ccccc3)c2)cc(-n2c3ccccc3c3cc(C#N)ccc32)c1. The maximum absolute atomic E-state index is 10.7. The van der Waals surface area contributed by atoms with Gasteiger partial charge in [0.2, 0.25) is 0 Å². The van der Waals surface area contributed by atoms with Crippen LogP contribution in [0, 0.1) is 34.0 Å². The lowest BCUT2D eigenvalue weighted by atomic mass is 10.0. The van der Waals surface area contributed by atoms with Crippen molar-refractivity contribution in [2.75, 3.05) is 0 Å². The second-order valence-electron chi connectivity index (χ2n) is 12.3. The highest BCUT2D eigenvalue weighted by Crippen LogP contribution is 2.34. The van der Waals surface area contributed by atoms with Gasteiger partial charge in [0, 0.05) is 16.5 Å². The number of fused-ring (bicyclic) bond motifs is 3. The van der Waals surface area contributed by atoms with E-state index in [1.54, 1.807) is 0 Å². The summed E-state index contributed by atoms with van der Waals surface area (Å²) in [6.45, 7) is 0. The van der Waals surface area contributed by atoms with E-state index in [2.05, 4.69) is 120 Å². The van der Waals surface area contributed by atoms with Crippen LogP contribution in [-0.2, 0) is 0 Å². The van der Waals surface area contributed by atoms with E-state index >= 15 is 0 Å². The minimum absolute atomic E-state index is 0.528. The summed E-state index contributed by atoms with van der Waals surface area (Å²) in [4.78, 5) is 0. The van der Waals surface area contributed by atoms with Crippen LogP contribution < -0.4 is 20.7 Å². The summed E-state index contributed by atoms with van der Waals surface area (Å²) in [5, 5.41) is 37.2. The van der Waals surface area contributed by atoms with Crippen LogP contribution in [0.1, 0.15) is 16.7 Å². The number of hydrogen-bond donors (Lipinski definition) is 0. The van der Waals surface area contributed by atoms with Crippen molar-refractivity contribution in [1.29, 1.82) is 15.8 Å². The molecular formula is C45H28N4Si. The van der Waals surface area contributed by atoms with Gasteiger partial charge in [0.15, 0.2) is 8.07 Å². The maximum atomic E-state index is 10.7. The van der Waals surface area contributed by atoms with E-state index in [4.69, 9.17) is 0 Å². The first-order valence-electron chi connectivity index (χ1n) is 16.4. The fourth-order valence-corrected chi connectivity index (χ4v) is 12.4. The standard InChI is InChI=1S/C45H28N4Si/c46-29-32-20-23-44-42(26-32)41-18-10-11-19-43(41)49(44)37-25-33(30-47)24-36(27-37)34-21-22-35(31-48)45(28-34)50(38-12-4-1-5-13-38,39-14-6-2-7-15-39)40-16-8-3-9-17-40/h1-28H. The van der Waals surface area contributed by atoms with Crippen molar-refractivity contribution in [1.82, 2.24) is 4.57 Å². The first-order chi connectivity index (χ1) is 24.6. The lowest BCUT2D eigenvalue weighted by molar-refractivity contribution is 1.18. The molecule has 0 fully saturated rings. The van der Waals surface area contributed by atoms with E-state index in [-0.39, 0.29) is 0 Å². The molecule has 7 aromatic carbocycles. The van der Waals surface area contributed by atoms with Crippen LogP contribution in [0.4, 0.5) is 0 Å². The van der Waals surface area contributed by atoms with Crippen molar-refractivity contribution in [3.05, 3.63) is 187 Å². The maximum Gasteiger partial charge on any atom is 0.180 e. The molecule has 5 heteroatoms. The van der Waals surface area contributed by atoms with Gasteiger partial charge in [0.05, 0.1) is 45.9 Å². The summed E-state index contributed by atoms with van der Waals surface area (Å²) in [5.41, 5.74) is 6.34. The second-order valence-corrected chi connectivity index (χ2v) is 16.1. The largest absolute Gasteiger partial charge is 0.309 e. The topological polar surface area (TPSA) is 76.3 Å². The molecule has 0 atom stereocenters. The van der Waals surface area contributed by atoms with Gasteiger partial charge in [0.1, 0.15) is 0 Å². The fraction of sp³-hybridized carbons (Fsp3) is 0. The smallest absolute Gasteiger partial charge is 0.180 e. The Morgan fingerprint density at radius 1 is 0.420 bits per heavy atom. The minimum Gasteiger partial charge on any atom is -0.309 e. The molecule has 0 saturated carbocycles. The van der Waals surface area contributed by atoms with Crippen molar-refractivity contribution in [3.8, 4) is 35.0 Å². The predicted octanol–water partition coefficient (Wildman–Crippen LogP) is 7.44. The zero-order chi connectivity index (χ0) is 34.1. The zero-order valence-electron chi connectivity index (χ0n) is 27.0. The first kappa shape index (κ1) is 30.4. The molecule has 0 amide bonds. The molecule has 0 aliphatic rings. The minimum atomic E-state index is -3.02. The lowest BCUT2D eigenvalue weighted by Crippen LogP contribution is -2.75. The van der Waals surface area contributed by atoms with E-state index in [1.165, 1.54) is 15.6 Å². The number of nitriles is 3. The molecule has 0 aliphatic carbocycles. The van der Waals surface area contributed by atoms with Gasteiger partial charge in [-0.2, -0.15) is 15.8 Å². The normalized spacial score (nSPS) is 11.1. The molecule has 4 nitrogen and oxygen atoms in total. The molecule has 0 spiro atoms. The highest BCUT2D eigenvalue weighted by atomic mass is 28.3. The zero-order valence-corrected chi connectivity index (χ0v) is 28.0. The van der Waals surface area contributed by atoms with E-state index in [0.717, 1.165) is 43.8 Å². The summed E-state index contributed by atoms with van der Waals surface area (Å²) in [6, 6.07) is 64.9. The van der Waals surface area contributed by atoms with E-state index in [0.29, 0.717) is 16.7 Å². The molecule has 0 unspecified atom stereocenters. The number of nitrogens with zero attached hydrogens (tertiary/aromatic N) is 4. The lowest BCUT2D eigenvalue weighted by Gasteiger charge is -2.35. The second kappa shape index (κ2) is 12.6. The van der Waals surface area contributed by atoms with E-state index < -0.39 is 8.07 Å². The molecule has 0 aliphatic heterocycles. The molecule has 1 aromatic heterocycles. The van der Waals surface area contributed by atoms with Crippen LogP contribution in [0.5, 0.6) is 0 Å². The van der Waals surface area contributed by atoms with Crippen molar-refractivity contribution in [2.24, 2.45) is 0 Å². The Labute approximate surface area is 291 Å². The molecule has 0 saturated heterocycles. The van der Waals surface area contributed by atoms with Crippen LogP contribution in [0.2, 0.25) is 0 Å². The number of rotatable bonds is 6. The van der Waals surface area contributed by atoms with E-state index in [1.807, 2.05) is 72.8 Å². The third-order valence-corrected chi connectivity index (χ3v) is 14.4. The summed E-state index contributed by atoms with van der Waals surface area (Å²) >= 11 is 0. The molecule has 8 aromatic rings. The van der Waals surface area contributed by atoms with Crippen LogP contribution in [0.25, 0.3) is 38.6 Å². The Morgan fingerprint density at radius 3 is 1.60 bits per heavy atom. The van der Waals surface area contributed by atoms with Crippen molar-refractivity contribution in [3.63, 3.8) is 0 Å². The summed E-state index contributed by atoms with van der Waals surface area (Å²) in [7, 11) is -3.02. The number of benzene rings is 7. The van der Waals surface area contributed by atoms with Gasteiger partial charge in [0.25, 0.3) is 0 Å². The average molecular weight is 653 g/mol. The molecule has 0 bridgehead atoms. The van der Waals surface area contributed by atoms with Crippen molar-refractivity contribution < 1.29 is 0 Å². The van der Waals surface area contributed by atoms with Crippen LogP contribution in [0.15, 0.2) is 170 Å². The van der Waals surface area contributed by atoms with Gasteiger partial charge < -0.3 is 4.57 Å². The molecule has 1 heterocycles. The van der Waals surface area contributed by atoms with Gasteiger partial charge in [-0.05, 0) is 80.4 Å². The van der Waals surface area contributed by atoms with Gasteiger partial charge in [-0.25, -0.2) is 0 Å². The monoisotopic (exact) mass is 652 g/mol. The average Bonchev–Trinajstić information content (AvgIpc) is 3.53. The van der Waals surface area contributed by atoms with Crippen LogP contribution in [0.3, 0.4) is 0 Å². The number of hydrogen-bond acceptors (Lipinski definition) is 3. The molecule has 8 rings (SSSR count). The Hall–Kier alpha value is -6.97. The van der Waals surface area contributed by atoms with Crippen molar-refractivity contribution in [2.45, 2.75) is 0 Å². The third kappa shape index (κ3) is 4.88. The third-order valence-electron chi connectivity index (χ3n) is 9.60. The molecule has 232 valence electrons. The highest BCUT2D eigenvalue weighted by molar-refractivity contribution is 7.20. The molecular weight excluding hydrogens is 625 g/mol. The number of para-hydroxylation sites is 1. The van der Waals surface area contributed by atoms with Crippen LogP contribution in [-0.4, -0.2) is 12.6 Å². The Bertz CT molecular complexity index is 2580. The molecule has 50 heavy (non-hydrogen) atoms. The Morgan fingerprint density at radius 2 is 1.00 bits per heavy atom. The Balaban J connectivity index is 1.42. The van der Waals surface area contributed by atoms with Crippen LogP contribution >= 0.6 is 0 Å². The summed E-state index contributed by atoms with van der Waals surface area (Å²) < 4.78 is 2.16. The van der Waals surface area contributed by atoms with E-state index in [9.17, 15) is 15.8 Å². The fourth-order valence-electron chi connectivity index (χ4n) is 7.45. The number of aromatic nitrogens is 1. The Kier molecular flexibility index (Phi) is 7.63. The molecule has 0 N–H and O–H groups in total. The van der Waals surface area contributed by atoms with Crippen molar-refractivity contribution >= 4 is 50.6 Å². The predicted molar refractivity (Wildman–Crippen MR) is 204 cm³/mol. The summed E-state index contributed by atoms with van der Waals surface area (Å²) in [5.74, 6) is 0.